The van der Waals surface area contributed by atoms with Gasteiger partial charge in [0.05, 0.1) is 24.6 Å². The lowest BCUT2D eigenvalue weighted by Crippen LogP contribution is -2.11. The maximum Gasteiger partial charge on any atom is 0.186 e. The van der Waals surface area contributed by atoms with Crippen molar-refractivity contribution in [3.05, 3.63) is 35.7 Å². The molecule has 0 aromatic carbocycles. The summed E-state index contributed by atoms with van der Waals surface area (Å²) in [4.78, 5) is 16.0. The number of rotatable bonds is 4. The first-order chi connectivity index (χ1) is 8.11. The highest BCUT2D eigenvalue weighted by Gasteiger charge is 2.13. The minimum Gasteiger partial charge on any atom is -0.331 e. The Hall–Kier alpha value is -1.91. The quantitative estimate of drug-likeness (QED) is 0.743. The van der Waals surface area contributed by atoms with E-state index < -0.39 is 0 Å². The standard InChI is InChI=1S/C12H16N4O/c1-4-9-5-10(16(3)14-9)6-12(17)11-7-13-8-15(11)2/h5,7-8H,4,6H2,1-3H3. The number of Topliss-reactive ketones (excluding diaryl/α,β-unsaturated/α-hetero) is 1. The fourth-order valence-electron chi connectivity index (χ4n) is 1.79. The van der Waals surface area contributed by atoms with Crippen LogP contribution in [0.3, 0.4) is 0 Å². The van der Waals surface area contributed by atoms with Crippen LogP contribution in [0.2, 0.25) is 0 Å². The number of aryl methyl sites for hydroxylation is 3. The van der Waals surface area contributed by atoms with E-state index in [1.807, 2.05) is 20.2 Å². The molecule has 2 heterocycles. The molecule has 0 saturated heterocycles. The fraction of sp³-hybridized carbons (Fsp3) is 0.417. The third-order valence-corrected chi connectivity index (χ3v) is 2.83. The van der Waals surface area contributed by atoms with E-state index in [1.54, 1.807) is 21.8 Å². The van der Waals surface area contributed by atoms with Crippen LogP contribution in [0.15, 0.2) is 18.6 Å². The third-order valence-electron chi connectivity index (χ3n) is 2.83. The molecule has 0 amide bonds. The van der Waals surface area contributed by atoms with E-state index in [0.29, 0.717) is 12.1 Å². The zero-order valence-corrected chi connectivity index (χ0v) is 10.3. The molecule has 0 aliphatic heterocycles. The van der Waals surface area contributed by atoms with Crippen molar-refractivity contribution in [2.45, 2.75) is 19.8 Å². The van der Waals surface area contributed by atoms with Gasteiger partial charge in [0.1, 0.15) is 5.69 Å². The van der Waals surface area contributed by atoms with E-state index in [9.17, 15) is 4.79 Å². The summed E-state index contributed by atoms with van der Waals surface area (Å²) in [6.07, 6.45) is 4.48. The maximum atomic E-state index is 12.0. The number of nitrogens with zero attached hydrogens (tertiary/aromatic N) is 4. The lowest BCUT2D eigenvalue weighted by atomic mass is 10.1. The molecular formula is C12H16N4O. The first-order valence-electron chi connectivity index (χ1n) is 5.63. The smallest absolute Gasteiger partial charge is 0.186 e. The van der Waals surface area contributed by atoms with Crippen molar-refractivity contribution in [3.8, 4) is 0 Å². The van der Waals surface area contributed by atoms with Crippen LogP contribution in [0.1, 0.15) is 28.8 Å². The average Bonchev–Trinajstić information content (AvgIpc) is 2.86. The maximum absolute atomic E-state index is 12.0. The molecule has 0 atom stereocenters. The van der Waals surface area contributed by atoms with Crippen molar-refractivity contribution in [1.29, 1.82) is 0 Å². The van der Waals surface area contributed by atoms with Crippen LogP contribution in [-0.4, -0.2) is 25.1 Å². The summed E-state index contributed by atoms with van der Waals surface area (Å²) in [5, 5.41) is 4.33. The number of carbonyl (C=O) groups is 1. The van der Waals surface area contributed by atoms with Crippen LogP contribution < -0.4 is 0 Å². The normalized spacial score (nSPS) is 10.8. The zero-order chi connectivity index (χ0) is 12.4. The highest BCUT2D eigenvalue weighted by Crippen LogP contribution is 2.08. The van der Waals surface area contributed by atoms with E-state index in [4.69, 9.17) is 0 Å². The van der Waals surface area contributed by atoms with Crippen molar-refractivity contribution in [3.63, 3.8) is 0 Å². The molecule has 17 heavy (non-hydrogen) atoms. The zero-order valence-electron chi connectivity index (χ0n) is 10.3. The van der Waals surface area contributed by atoms with Gasteiger partial charge in [-0.1, -0.05) is 6.92 Å². The van der Waals surface area contributed by atoms with Gasteiger partial charge < -0.3 is 4.57 Å². The van der Waals surface area contributed by atoms with Gasteiger partial charge in [0.2, 0.25) is 0 Å². The predicted octanol–water partition coefficient (Wildman–Crippen LogP) is 1.14. The average molecular weight is 232 g/mol. The van der Waals surface area contributed by atoms with Crippen LogP contribution in [0.4, 0.5) is 0 Å². The summed E-state index contributed by atoms with van der Waals surface area (Å²) >= 11 is 0. The van der Waals surface area contributed by atoms with Crippen molar-refractivity contribution in [2.75, 3.05) is 0 Å². The third kappa shape index (κ3) is 2.27. The number of carbonyl (C=O) groups excluding carboxylic acids is 1. The van der Waals surface area contributed by atoms with Gasteiger partial charge in [0, 0.05) is 19.8 Å². The predicted molar refractivity (Wildman–Crippen MR) is 63.8 cm³/mol. The van der Waals surface area contributed by atoms with E-state index in [-0.39, 0.29) is 5.78 Å². The van der Waals surface area contributed by atoms with Gasteiger partial charge in [0.15, 0.2) is 5.78 Å². The second kappa shape index (κ2) is 4.53. The number of hydrogen-bond donors (Lipinski definition) is 0. The van der Waals surface area contributed by atoms with E-state index in [0.717, 1.165) is 17.8 Å². The van der Waals surface area contributed by atoms with E-state index in [2.05, 4.69) is 17.0 Å². The molecule has 0 bridgehead atoms. The fourth-order valence-corrected chi connectivity index (χ4v) is 1.79. The van der Waals surface area contributed by atoms with Gasteiger partial charge >= 0.3 is 0 Å². The molecule has 0 spiro atoms. The Morgan fingerprint density at radius 2 is 2.18 bits per heavy atom. The molecule has 0 fully saturated rings. The molecule has 0 N–H and O–H groups in total. The Kier molecular flexibility index (Phi) is 3.08. The number of hydrogen-bond acceptors (Lipinski definition) is 3. The Balaban J connectivity index is 2.18. The van der Waals surface area contributed by atoms with Crippen molar-refractivity contribution < 1.29 is 4.79 Å². The van der Waals surface area contributed by atoms with E-state index >= 15 is 0 Å². The molecule has 0 aliphatic carbocycles. The SMILES string of the molecule is CCc1cc(CC(=O)c2cncn2C)n(C)n1. The lowest BCUT2D eigenvalue weighted by molar-refractivity contribution is 0.0983. The molecule has 0 radical (unpaired) electrons. The summed E-state index contributed by atoms with van der Waals surface area (Å²) < 4.78 is 3.51. The molecule has 5 nitrogen and oxygen atoms in total. The molecule has 0 aliphatic rings. The first-order valence-corrected chi connectivity index (χ1v) is 5.63. The topological polar surface area (TPSA) is 52.7 Å². The molecule has 5 heteroatoms. The molecule has 0 unspecified atom stereocenters. The minimum atomic E-state index is 0.0654. The summed E-state index contributed by atoms with van der Waals surface area (Å²) in [6.45, 7) is 2.05. The lowest BCUT2D eigenvalue weighted by Gasteiger charge is -2.02. The first kappa shape index (κ1) is 11.6. The number of ketones is 1. The van der Waals surface area contributed by atoms with Gasteiger partial charge in [-0.3, -0.25) is 9.48 Å². The molecule has 0 saturated carbocycles. The summed E-state index contributed by atoms with van der Waals surface area (Å²) in [6, 6.07) is 1.98. The Morgan fingerprint density at radius 3 is 2.71 bits per heavy atom. The van der Waals surface area contributed by atoms with Crippen LogP contribution in [0.25, 0.3) is 0 Å². The molecule has 2 aromatic rings. The Morgan fingerprint density at radius 1 is 1.41 bits per heavy atom. The summed E-state index contributed by atoms with van der Waals surface area (Å²) in [5.41, 5.74) is 2.58. The Labute approximate surface area is 100 Å². The minimum absolute atomic E-state index is 0.0654. The summed E-state index contributed by atoms with van der Waals surface area (Å²) in [7, 11) is 3.69. The van der Waals surface area contributed by atoms with Gasteiger partial charge in [-0.05, 0) is 12.5 Å². The summed E-state index contributed by atoms with van der Waals surface area (Å²) in [5.74, 6) is 0.0654. The molecule has 2 rings (SSSR count). The van der Waals surface area contributed by atoms with Gasteiger partial charge in [-0.15, -0.1) is 0 Å². The Bertz CT molecular complexity index is 538. The van der Waals surface area contributed by atoms with Crippen molar-refractivity contribution in [1.82, 2.24) is 19.3 Å². The molecule has 2 aromatic heterocycles. The second-order valence-electron chi connectivity index (χ2n) is 4.09. The molecular weight excluding hydrogens is 216 g/mol. The second-order valence-corrected chi connectivity index (χ2v) is 4.09. The number of aromatic nitrogens is 4. The van der Waals surface area contributed by atoms with E-state index in [1.165, 1.54) is 0 Å². The van der Waals surface area contributed by atoms with Gasteiger partial charge in [-0.25, -0.2) is 4.98 Å². The number of imidazole rings is 1. The van der Waals surface area contributed by atoms with Crippen LogP contribution >= 0.6 is 0 Å². The monoisotopic (exact) mass is 232 g/mol. The largest absolute Gasteiger partial charge is 0.331 e. The highest BCUT2D eigenvalue weighted by atomic mass is 16.1. The highest BCUT2D eigenvalue weighted by molar-refractivity contribution is 5.95. The van der Waals surface area contributed by atoms with Crippen LogP contribution in [-0.2, 0) is 26.9 Å². The van der Waals surface area contributed by atoms with Crippen molar-refractivity contribution in [2.24, 2.45) is 14.1 Å². The van der Waals surface area contributed by atoms with Crippen molar-refractivity contribution >= 4 is 5.78 Å². The molecule has 90 valence electrons. The van der Waals surface area contributed by atoms with Crippen LogP contribution in [0.5, 0.6) is 0 Å². The van der Waals surface area contributed by atoms with Gasteiger partial charge in [-0.2, -0.15) is 5.10 Å². The van der Waals surface area contributed by atoms with Gasteiger partial charge in [0.25, 0.3) is 0 Å². The van der Waals surface area contributed by atoms with Crippen LogP contribution in [0, 0.1) is 0 Å².